The van der Waals surface area contributed by atoms with Crippen molar-refractivity contribution in [2.45, 2.75) is 39.3 Å². The van der Waals surface area contributed by atoms with E-state index < -0.39 is 35.2 Å². The van der Waals surface area contributed by atoms with Crippen LogP contribution >= 0.6 is 0 Å². The Bertz CT molecular complexity index is 880. The Morgan fingerprint density at radius 2 is 1.66 bits per heavy atom. The molecule has 0 spiro atoms. The zero-order chi connectivity index (χ0) is 21.8. The monoisotopic (exact) mass is 409 g/mol. The van der Waals surface area contributed by atoms with Crippen LogP contribution in [0.4, 0.5) is 35.0 Å². The summed E-state index contributed by atoms with van der Waals surface area (Å²) >= 11 is 0. The first-order chi connectivity index (χ1) is 13.5. The highest BCUT2D eigenvalue weighted by atomic mass is 19.1. The molecule has 2 aromatic carbocycles. The van der Waals surface area contributed by atoms with E-state index in [1.165, 1.54) is 13.0 Å². The average Bonchev–Trinajstić information content (AvgIpc) is 2.58. The molecule has 156 valence electrons. The molecule has 1 atom stereocenters. The number of hydrogen-bond acceptors (Lipinski definition) is 5. The molecule has 0 saturated carbocycles. The maximum Gasteiger partial charge on any atom is 0.429 e. The van der Waals surface area contributed by atoms with Crippen molar-refractivity contribution >= 4 is 29.4 Å². The number of aldehydes is 1. The number of nitrogens with zero attached hydrogens (tertiary/aromatic N) is 1. The first-order valence-corrected chi connectivity index (χ1v) is 8.75. The SMILES string of the molecule is C[C@@H](C=O)N(Nc1ccc(F)cc1Nc1cc(F)cc(F)c1)C(=O)OC(C)(C)C. The Morgan fingerprint density at radius 3 is 2.21 bits per heavy atom. The molecule has 6 nitrogen and oxygen atoms in total. The van der Waals surface area contributed by atoms with E-state index in [1.807, 2.05) is 0 Å². The lowest BCUT2D eigenvalue weighted by molar-refractivity contribution is -0.111. The Morgan fingerprint density at radius 1 is 1.03 bits per heavy atom. The van der Waals surface area contributed by atoms with Gasteiger partial charge in [-0.15, -0.1) is 0 Å². The van der Waals surface area contributed by atoms with Crippen molar-refractivity contribution in [3.05, 3.63) is 53.8 Å². The third kappa shape index (κ3) is 6.41. The predicted octanol–water partition coefficient (Wildman–Crippen LogP) is 5.00. The summed E-state index contributed by atoms with van der Waals surface area (Å²) in [6.45, 7) is 6.45. The van der Waals surface area contributed by atoms with Crippen LogP contribution in [0.2, 0.25) is 0 Å². The molecule has 0 unspecified atom stereocenters. The van der Waals surface area contributed by atoms with Crippen molar-refractivity contribution in [2.75, 3.05) is 10.7 Å². The molecule has 2 aromatic rings. The van der Waals surface area contributed by atoms with E-state index in [-0.39, 0.29) is 17.1 Å². The Kier molecular flexibility index (Phi) is 6.73. The van der Waals surface area contributed by atoms with E-state index in [0.717, 1.165) is 29.3 Å². The number of hydrazine groups is 1. The van der Waals surface area contributed by atoms with Crippen molar-refractivity contribution in [1.82, 2.24) is 5.01 Å². The highest BCUT2D eigenvalue weighted by Crippen LogP contribution is 2.28. The molecule has 1 amide bonds. The van der Waals surface area contributed by atoms with Crippen LogP contribution in [-0.4, -0.2) is 29.0 Å². The lowest BCUT2D eigenvalue weighted by atomic mass is 10.2. The molecular formula is C20H22F3N3O3. The molecule has 0 heterocycles. The van der Waals surface area contributed by atoms with Gasteiger partial charge in [0.2, 0.25) is 0 Å². The highest BCUT2D eigenvalue weighted by Gasteiger charge is 2.27. The van der Waals surface area contributed by atoms with Crippen molar-refractivity contribution < 1.29 is 27.5 Å². The van der Waals surface area contributed by atoms with Crippen molar-refractivity contribution in [3.8, 4) is 0 Å². The van der Waals surface area contributed by atoms with E-state index in [2.05, 4.69) is 10.7 Å². The molecular weight excluding hydrogens is 387 g/mol. The molecule has 0 bridgehead atoms. The zero-order valence-corrected chi connectivity index (χ0v) is 16.4. The van der Waals surface area contributed by atoms with Crippen LogP contribution in [0.5, 0.6) is 0 Å². The van der Waals surface area contributed by atoms with Crippen LogP contribution in [0.15, 0.2) is 36.4 Å². The molecule has 2 N–H and O–H groups in total. The average molecular weight is 409 g/mol. The van der Waals surface area contributed by atoms with Crippen LogP contribution in [-0.2, 0) is 9.53 Å². The quantitative estimate of drug-likeness (QED) is 0.519. The molecule has 0 aliphatic rings. The standard InChI is InChI=1S/C20H22F3N3O3/c1-12(11-27)26(19(28)29-20(2,3)4)25-17-6-5-13(21)10-18(17)24-16-8-14(22)7-15(23)9-16/h5-12,24-25H,1-4H3/t12-/m0/s1. The molecule has 0 aromatic heterocycles. The normalized spacial score (nSPS) is 12.1. The minimum atomic E-state index is -0.922. The predicted molar refractivity (Wildman–Crippen MR) is 103 cm³/mol. The third-order valence-electron chi connectivity index (χ3n) is 3.56. The first-order valence-electron chi connectivity index (χ1n) is 8.75. The van der Waals surface area contributed by atoms with Gasteiger partial charge < -0.3 is 14.8 Å². The van der Waals surface area contributed by atoms with Crippen LogP contribution in [0.25, 0.3) is 0 Å². The second-order valence-electron chi connectivity index (χ2n) is 7.31. The van der Waals surface area contributed by atoms with Gasteiger partial charge in [-0.2, -0.15) is 0 Å². The minimum Gasteiger partial charge on any atom is -0.442 e. The van der Waals surface area contributed by atoms with Crippen molar-refractivity contribution in [2.24, 2.45) is 0 Å². The molecule has 9 heteroatoms. The second kappa shape index (κ2) is 8.85. The number of anilines is 3. The fourth-order valence-corrected chi connectivity index (χ4v) is 2.31. The number of carbonyl (C=O) groups excluding carboxylic acids is 2. The molecule has 2 rings (SSSR count). The largest absolute Gasteiger partial charge is 0.442 e. The maximum atomic E-state index is 13.8. The molecule has 0 saturated heterocycles. The number of halogens is 3. The Hall–Kier alpha value is -3.23. The van der Waals surface area contributed by atoms with Gasteiger partial charge in [0.05, 0.1) is 11.4 Å². The summed E-state index contributed by atoms with van der Waals surface area (Å²) in [5.41, 5.74) is 2.18. The van der Waals surface area contributed by atoms with Crippen LogP contribution in [0.1, 0.15) is 27.7 Å². The van der Waals surface area contributed by atoms with Crippen LogP contribution < -0.4 is 10.7 Å². The van der Waals surface area contributed by atoms with E-state index in [4.69, 9.17) is 4.74 Å². The smallest absolute Gasteiger partial charge is 0.429 e. The van der Waals surface area contributed by atoms with Gasteiger partial charge in [-0.3, -0.25) is 5.43 Å². The fourth-order valence-electron chi connectivity index (χ4n) is 2.31. The number of benzene rings is 2. The molecule has 0 aliphatic carbocycles. The van der Waals surface area contributed by atoms with Crippen LogP contribution in [0, 0.1) is 17.5 Å². The van der Waals surface area contributed by atoms with Gasteiger partial charge in [-0.25, -0.2) is 23.0 Å². The number of amides is 1. The summed E-state index contributed by atoms with van der Waals surface area (Å²) in [7, 11) is 0. The second-order valence-corrected chi connectivity index (χ2v) is 7.31. The lowest BCUT2D eigenvalue weighted by Gasteiger charge is -2.30. The summed E-state index contributed by atoms with van der Waals surface area (Å²) in [6, 6.07) is 5.33. The molecule has 0 aliphatic heterocycles. The number of carbonyl (C=O) groups is 2. The van der Waals surface area contributed by atoms with Crippen molar-refractivity contribution in [3.63, 3.8) is 0 Å². The van der Waals surface area contributed by atoms with Gasteiger partial charge >= 0.3 is 6.09 Å². The van der Waals surface area contributed by atoms with E-state index in [0.29, 0.717) is 12.4 Å². The van der Waals surface area contributed by atoms with E-state index in [1.54, 1.807) is 20.8 Å². The van der Waals surface area contributed by atoms with Gasteiger partial charge in [-0.05, 0) is 58.0 Å². The maximum absolute atomic E-state index is 13.8. The summed E-state index contributed by atoms with van der Waals surface area (Å²) in [5.74, 6) is -2.26. The highest BCUT2D eigenvalue weighted by molar-refractivity contribution is 5.79. The fraction of sp³-hybridized carbons (Fsp3) is 0.300. The Labute approximate surface area is 166 Å². The summed E-state index contributed by atoms with van der Waals surface area (Å²) < 4.78 is 46.0. The summed E-state index contributed by atoms with van der Waals surface area (Å²) in [6.07, 6.45) is -0.306. The topological polar surface area (TPSA) is 70.7 Å². The zero-order valence-electron chi connectivity index (χ0n) is 16.4. The lowest BCUT2D eigenvalue weighted by Crippen LogP contribution is -2.46. The van der Waals surface area contributed by atoms with E-state index in [9.17, 15) is 22.8 Å². The van der Waals surface area contributed by atoms with Gasteiger partial charge in [0, 0.05) is 11.8 Å². The number of nitrogens with one attached hydrogen (secondary N) is 2. The number of ether oxygens (including phenoxy) is 1. The van der Waals surface area contributed by atoms with Gasteiger partial charge in [0.1, 0.15) is 35.4 Å². The molecule has 0 fully saturated rings. The minimum absolute atomic E-state index is 0.0309. The van der Waals surface area contributed by atoms with Gasteiger partial charge in [0.25, 0.3) is 0 Å². The molecule has 0 radical (unpaired) electrons. The van der Waals surface area contributed by atoms with Crippen molar-refractivity contribution in [1.29, 1.82) is 0 Å². The molecule has 29 heavy (non-hydrogen) atoms. The summed E-state index contributed by atoms with van der Waals surface area (Å²) in [4.78, 5) is 23.7. The number of rotatable bonds is 6. The Balaban J connectivity index is 2.36. The van der Waals surface area contributed by atoms with Gasteiger partial charge in [-0.1, -0.05) is 0 Å². The van der Waals surface area contributed by atoms with Gasteiger partial charge in [0.15, 0.2) is 0 Å². The summed E-state index contributed by atoms with van der Waals surface area (Å²) in [5, 5.41) is 3.63. The number of hydrogen-bond donors (Lipinski definition) is 2. The van der Waals surface area contributed by atoms with E-state index >= 15 is 0 Å². The van der Waals surface area contributed by atoms with Crippen LogP contribution in [0.3, 0.4) is 0 Å². The third-order valence-corrected chi connectivity index (χ3v) is 3.56. The first kappa shape index (κ1) is 22.1.